The predicted octanol–water partition coefficient (Wildman–Crippen LogP) is 2.83. The van der Waals surface area contributed by atoms with Crippen LogP contribution in [0.3, 0.4) is 0 Å². The van der Waals surface area contributed by atoms with Crippen LogP contribution in [-0.4, -0.2) is 33.8 Å². The minimum atomic E-state index is 0.138. The smallest absolute Gasteiger partial charge is 0.227 e. The van der Waals surface area contributed by atoms with Crippen molar-refractivity contribution in [3.63, 3.8) is 0 Å². The van der Waals surface area contributed by atoms with Gasteiger partial charge in [0.25, 0.3) is 0 Å². The molecule has 1 aromatic rings. The van der Waals surface area contributed by atoms with E-state index < -0.39 is 0 Å². The van der Waals surface area contributed by atoms with Crippen molar-refractivity contribution in [2.24, 2.45) is 30.2 Å². The average molecular weight is 358 g/mol. The summed E-state index contributed by atoms with van der Waals surface area (Å²) in [5, 5.41) is 11.0. The van der Waals surface area contributed by atoms with Gasteiger partial charge in [0, 0.05) is 19.4 Å². The predicted molar refractivity (Wildman–Crippen MR) is 99.7 cm³/mol. The van der Waals surface area contributed by atoms with Crippen molar-refractivity contribution in [2.45, 2.75) is 63.7 Å². The summed E-state index contributed by atoms with van der Waals surface area (Å²) in [7, 11) is 1.89. The normalized spacial score (nSPS) is 36.4. The number of carbonyl (C=O) groups excluding carboxylic acids is 1. The highest BCUT2D eigenvalue weighted by Gasteiger charge is 2.51. The zero-order chi connectivity index (χ0) is 17.7. The Balaban J connectivity index is 1.25. The fraction of sp³-hybridized carbons (Fsp3) is 0.850. The van der Waals surface area contributed by atoms with Crippen molar-refractivity contribution in [2.75, 3.05) is 18.4 Å². The lowest BCUT2D eigenvalue weighted by Crippen LogP contribution is -2.47. The summed E-state index contributed by atoms with van der Waals surface area (Å²) in [5.74, 6) is 4.71. The number of anilines is 1. The first kappa shape index (κ1) is 16.7. The molecule has 1 aromatic heterocycles. The van der Waals surface area contributed by atoms with E-state index in [1.165, 1.54) is 38.5 Å². The Kier molecular flexibility index (Phi) is 4.07. The lowest BCUT2D eigenvalue weighted by Gasteiger charge is -2.56. The second-order valence-corrected chi connectivity index (χ2v) is 9.58. The maximum Gasteiger partial charge on any atom is 0.227 e. The number of nitrogens with one attached hydrogen (secondary N) is 2. The van der Waals surface area contributed by atoms with Gasteiger partial charge in [-0.1, -0.05) is 0 Å². The van der Waals surface area contributed by atoms with Crippen LogP contribution >= 0.6 is 0 Å². The lowest BCUT2D eigenvalue weighted by molar-refractivity contribution is -0.124. The van der Waals surface area contributed by atoms with Gasteiger partial charge in [-0.15, -0.1) is 0 Å². The van der Waals surface area contributed by atoms with Crippen LogP contribution in [0, 0.1) is 23.2 Å². The third-order valence-electron chi connectivity index (χ3n) is 7.44. The Labute approximate surface area is 155 Å². The molecule has 4 bridgehead atoms. The number of rotatable bonds is 4. The first-order chi connectivity index (χ1) is 12.6. The number of hydrogen-bond donors (Lipinski definition) is 2. The molecule has 6 nitrogen and oxygen atoms in total. The van der Waals surface area contributed by atoms with Crippen LogP contribution in [0.2, 0.25) is 0 Å². The highest BCUT2D eigenvalue weighted by atomic mass is 16.1. The van der Waals surface area contributed by atoms with Crippen LogP contribution in [0.25, 0.3) is 0 Å². The van der Waals surface area contributed by atoms with E-state index in [-0.39, 0.29) is 11.3 Å². The molecule has 0 spiro atoms. The molecule has 2 N–H and O–H groups in total. The molecule has 6 rings (SSSR count). The number of piperidine rings is 1. The van der Waals surface area contributed by atoms with E-state index in [1.54, 1.807) is 4.68 Å². The van der Waals surface area contributed by atoms with Crippen molar-refractivity contribution >= 4 is 11.9 Å². The average Bonchev–Trinajstić information content (AvgIpc) is 2.94. The molecule has 1 amide bonds. The van der Waals surface area contributed by atoms with Gasteiger partial charge in [-0.05, 0) is 87.6 Å². The lowest BCUT2D eigenvalue weighted by atomic mass is 9.49. The standard InChI is InChI=1S/C20H31N5O/c1-25-19(23-18(24-25)16-2-4-21-5-3-16)22-17(26)12-20-9-13-6-14(10-20)8-15(7-13)11-20/h13-16,21H,2-12H2,1H3,(H,22,23,24,26). The highest BCUT2D eigenvalue weighted by molar-refractivity contribution is 5.89. The Hall–Kier alpha value is -1.43. The van der Waals surface area contributed by atoms with Crippen molar-refractivity contribution in [1.82, 2.24) is 20.1 Å². The minimum Gasteiger partial charge on any atom is -0.317 e. The topological polar surface area (TPSA) is 71.8 Å². The molecule has 4 aliphatic carbocycles. The Morgan fingerprint density at radius 2 is 1.77 bits per heavy atom. The van der Waals surface area contributed by atoms with Crippen LogP contribution in [0.4, 0.5) is 5.95 Å². The van der Waals surface area contributed by atoms with Crippen LogP contribution in [0.15, 0.2) is 0 Å². The Morgan fingerprint density at radius 1 is 1.15 bits per heavy atom. The second kappa shape index (κ2) is 6.32. The summed E-state index contributed by atoms with van der Waals surface area (Å²) in [6.45, 7) is 2.05. The first-order valence-electron chi connectivity index (χ1n) is 10.5. The van der Waals surface area contributed by atoms with E-state index in [9.17, 15) is 4.79 Å². The highest BCUT2D eigenvalue weighted by Crippen LogP contribution is 2.61. The fourth-order valence-corrected chi connectivity index (χ4v) is 6.78. The SMILES string of the molecule is Cn1nc(C2CCNCC2)nc1NC(=O)CC12CC3CC(CC(C3)C1)C2. The van der Waals surface area contributed by atoms with E-state index in [0.717, 1.165) is 49.5 Å². The largest absolute Gasteiger partial charge is 0.317 e. The molecule has 6 heteroatoms. The molecule has 0 aromatic carbocycles. The molecule has 142 valence electrons. The molecule has 26 heavy (non-hydrogen) atoms. The molecule has 0 radical (unpaired) electrons. The van der Waals surface area contributed by atoms with Gasteiger partial charge in [0.2, 0.25) is 11.9 Å². The van der Waals surface area contributed by atoms with E-state index in [2.05, 4.69) is 20.7 Å². The molecule has 0 unspecified atom stereocenters. The Bertz CT molecular complexity index is 655. The summed E-state index contributed by atoms with van der Waals surface area (Å²) >= 11 is 0. The Morgan fingerprint density at radius 3 is 2.38 bits per heavy atom. The number of aryl methyl sites for hydroxylation is 1. The van der Waals surface area contributed by atoms with Gasteiger partial charge in [0.1, 0.15) is 0 Å². The minimum absolute atomic E-state index is 0.138. The zero-order valence-electron chi connectivity index (χ0n) is 15.8. The van der Waals surface area contributed by atoms with Crippen LogP contribution < -0.4 is 10.6 Å². The molecule has 1 aliphatic heterocycles. The molecule has 5 aliphatic rings. The zero-order valence-corrected chi connectivity index (χ0v) is 15.8. The van der Waals surface area contributed by atoms with Gasteiger partial charge >= 0.3 is 0 Å². The molecular formula is C20H31N5O. The summed E-state index contributed by atoms with van der Waals surface area (Å²) in [4.78, 5) is 17.5. The number of aromatic nitrogens is 3. The maximum atomic E-state index is 12.8. The van der Waals surface area contributed by atoms with Gasteiger partial charge in [-0.2, -0.15) is 10.1 Å². The van der Waals surface area contributed by atoms with Crippen molar-refractivity contribution in [1.29, 1.82) is 0 Å². The number of hydrogen-bond acceptors (Lipinski definition) is 4. The third-order valence-corrected chi connectivity index (χ3v) is 7.44. The van der Waals surface area contributed by atoms with Crippen LogP contribution in [0.5, 0.6) is 0 Å². The van der Waals surface area contributed by atoms with Crippen LogP contribution in [0.1, 0.15) is 69.5 Å². The third kappa shape index (κ3) is 3.06. The van der Waals surface area contributed by atoms with Gasteiger partial charge < -0.3 is 5.32 Å². The van der Waals surface area contributed by atoms with E-state index >= 15 is 0 Å². The molecule has 5 fully saturated rings. The fourth-order valence-electron chi connectivity index (χ4n) is 6.78. The molecule has 1 saturated heterocycles. The number of amides is 1. The number of nitrogens with zero attached hydrogens (tertiary/aromatic N) is 3. The molecule has 4 saturated carbocycles. The molecule has 0 atom stereocenters. The van der Waals surface area contributed by atoms with E-state index in [0.29, 0.717) is 18.3 Å². The maximum absolute atomic E-state index is 12.8. The van der Waals surface area contributed by atoms with Crippen molar-refractivity contribution < 1.29 is 4.79 Å². The number of carbonyl (C=O) groups is 1. The van der Waals surface area contributed by atoms with E-state index in [4.69, 9.17) is 0 Å². The van der Waals surface area contributed by atoms with Crippen molar-refractivity contribution in [3.8, 4) is 0 Å². The summed E-state index contributed by atoms with van der Waals surface area (Å²) in [5.41, 5.74) is 0.273. The quantitative estimate of drug-likeness (QED) is 0.869. The summed E-state index contributed by atoms with van der Waals surface area (Å²) in [6, 6.07) is 0. The van der Waals surface area contributed by atoms with Gasteiger partial charge in [0.15, 0.2) is 5.82 Å². The second-order valence-electron chi connectivity index (χ2n) is 9.58. The summed E-state index contributed by atoms with van der Waals surface area (Å²) in [6.07, 6.45) is 10.9. The van der Waals surface area contributed by atoms with Gasteiger partial charge in [-0.25, -0.2) is 4.68 Å². The molecule has 2 heterocycles. The van der Waals surface area contributed by atoms with Gasteiger partial charge in [-0.3, -0.25) is 10.1 Å². The van der Waals surface area contributed by atoms with Gasteiger partial charge in [0.05, 0.1) is 0 Å². The summed E-state index contributed by atoms with van der Waals surface area (Å²) < 4.78 is 1.74. The first-order valence-corrected chi connectivity index (χ1v) is 10.5. The van der Waals surface area contributed by atoms with Crippen molar-refractivity contribution in [3.05, 3.63) is 5.82 Å². The molecular weight excluding hydrogens is 326 g/mol. The van der Waals surface area contributed by atoms with E-state index in [1.807, 2.05) is 7.05 Å². The van der Waals surface area contributed by atoms with Crippen LogP contribution in [-0.2, 0) is 11.8 Å². The monoisotopic (exact) mass is 357 g/mol.